The van der Waals surface area contributed by atoms with Crippen LogP contribution < -0.4 is 4.72 Å². The Morgan fingerprint density at radius 1 is 1.00 bits per heavy atom. The van der Waals surface area contributed by atoms with E-state index >= 15 is 0 Å². The van der Waals surface area contributed by atoms with Crippen LogP contribution in [0.2, 0.25) is 5.02 Å². The van der Waals surface area contributed by atoms with E-state index < -0.39 is 10.0 Å². The van der Waals surface area contributed by atoms with E-state index in [0.717, 1.165) is 10.9 Å². The molecule has 0 saturated heterocycles. The molecule has 0 amide bonds. The zero-order valence-electron chi connectivity index (χ0n) is 10.3. The van der Waals surface area contributed by atoms with Crippen LogP contribution in [0.3, 0.4) is 0 Å². The molecule has 3 aromatic rings. The van der Waals surface area contributed by atoms with Gasteiger partial charge in [0.05, 0.1) is 10.6 Å². The molecule has 102 valence electrons. The minimum absolute atomic E-state index is 0.175. The Balaban J connectivity index is 1.94. The number of hydrogen-bond acceptors (Lipinski definition) is 2. The molecule has 0 atom stereocenters. The molecule has 3 rings (SSSR count). The second-order valence-corrected chi connectivity index (χ2v) is 6.46. The van der Waals surface area contributed by atoms with E-state index in [9.17, 15) is 8.42 Å². The summed E-state index contributed by atoms with van der Waals surface area (Å²) in [5.41, 5.74) is 1.39. The molecule has 0 spiro atoms. The average molecular weight is 307 g/mol. The highest BCUT2D eigenvalue weighted by Crippen LogP contribution is 2.21. The summed E-state index contributed by atoms with van der Waals surface area (Å²) in [6, 6.07) is 13.3. The van der Waals surface area contributed by atoms with Gasteiger partial charge in [0.2, 0.25) is 0 Å². The Hall–Kier alpha value is -1.98. The third kappa shape index (κ3) is 2.50. The number of hydrogen-bond donors (Lipinski definition) is 2. The van der Waals surface area contributed by atoms with Crippen LogP contribution in [-0.2, 0) is 10.0 Å². The fourth-order valence-corrected chi connectivity index (χ4v) is 3.11. The Bertz CT molecular complexity index is 854. The van der Waals surface area contributed by atoms with Crippen LogP contribution in [0.5, 0.6) is 0 Å². The van der Waals surface area contributed by atoms with Gasteiger partial charge in [-0.05, 0) is 47.9 Å². The van der Waals surface area contributed by atoms with Crippen molar-refractivity contribution >= 4 is 38.2 Å². The van der Waals surface area contributed by atoms with Crippen molar-refractivity contribution in [2.24, 2.45) is 0 Å². The van der Waals surface area contributed by atoms with Crippen LogP contribution in [0, 0.1) is 0 Å². The first-order valence-electron chi connectivity index (χ1n) is 5.90. The number of aromatic amines is 1. The van der Waals surface area contributed by atoms with Crippen molar-refractivity contribution in [3.8, 4) is 0 Å². The van der Waals surface area contributed by atoms with Gasteiger partial charge in [0.15, 0.2) is 0 Å². The van der Waals surface area contributed by atoms with Crippen molar-refractivity contribution in [3.05, 3.63) is 59.8 Å². The Morgan fingerprint density at radius 2 is 1.75 bits per heavy atom. The molecule has 4 nitrogen and oxygen atoms in total. The van der Waals surface area contributed by atoms with Gasteiger partial charge in [-0.2, -0.15) is 0 Å². The maximum Gasteiger partial charge on any atom is 0.261 e. The summed E-state index contributed by atoms with van der Waals surface area (Å²) in [5.74, 6) is 0. The second-order valence-electron chi connectivity index (χ2n) is 4.34. The van der Waals surface area contributed by atoms with Gasteiger partial charge in [0, 0.05) is 16.7 Å². The van der Waals surface area contributed by atoms with E-state index in [1.54, 1.807) is 24.3 Å². The molecule has 0 unspecified atom stereocenters. The van der Waals surface area contributed by atoms with Gasteiger partial charge in [-0.25, -0.2) is 8.42 Å². The van der Waals surface area contributed by atoms with Gasteiger partial charge in [0.25, 0.3) is 10.0 Å². The lowest BCUT2D eigenvalue weighted by molar-refractivity contribution is 0.601. The summed E-state index contributed by atoms with van der Waals surface area (Å²) in [5, 5.41) is 1.52. The zero-order valence-corrected chi connectivity index (χ0v) is 11.9. The van der Waals surface area contributed by atoms with Gasteiger partial charge in [-0.1, -0.05) is 17.7 Å². The Labute approximate surface area is 121 Å². The number of nitrogens with one attached hydrogen (secondary N) is 2. The largest absolute Gasteiger partial charge is 0.361 e. The maximum absolute atomic E-state index is 12.2. The molecular weight excluding hydrogens is 296 g/mol. The van der Waals surface area contributed by atoms with E-state index in [4.69, 9.17) is 11.6 Å². The molecule has 2 aromatic carbocycles. The lowest BCUT2D eigenvalue weighted by Crippen LogP contribution is -2.12. The first-order valence-corrected chi connectivity index (χ1v) is 7.76. The molecule has 0 fully saturated rings. The number of sulfonamides is 1. The number of H-pyrrole nitrogens is 1. The van der Waals surface area contributed by atoms with Gasteiger partial charge >= 0.3 is 0 Å². The van der Waals surface area contributed by atoms with Crippen molar-refractivity contribution in [2.75, 3.05) is 4.72 Å². The summed E-state index contributed by atoms with van der Waals surface area (Å²) in [6.45, 7) is 0. The summed E-state index contributed by atoms with van der Waals surface area (Å²) in [4.78, 5) is 3.22. The molecule has 6 heteroatoms. The molecule has 0 aliphatic rings. The average Bonchev–Trinajstić information content (AvgIpc) is 2.86. The topological polar surface area (TPSA) is 62.0 Å². The highest BCUT2D eigenvalue weighted by atomic mass is 35.5. The summed E-state index contributed by atoms with van der Waals surface area (Å²) in [6.07, 6.45) is 1.81. The van der Waals surface area contributed by atoms with Crippen molar-refractivity contribution < 1.29 is 8.42 Å². The predicted molar refractivity (Wildman–Crippen MR) is 80.6 cm³/mol. The molecule has 1 aromatic heterocycles. The predicted octanol–water partition coefficient (Wildman–Crippen LogP) is 3.62. The monoisotopic (exact) mass is 306 g/mol. The quantitative estimate of drug-likeness (QED) is 0.776. The molecule has 1 heterocycles. The Kier molecular flexibility index (Phi) is 3.16. The molecule has 20 heavy (non-hydrogen) atoms. The van der Waals surface area contributed by atoms with Crippen LogP contribution in [0.4, 0.5) is 5.69 Å². The van der Waals surface area contributed by atoms with Crippen LogP contribution in [-0.4, -0.2) is 13.4 Å². The maximum atomic E-state index is 12.2. The molecule has 0 radical (unpaired) electrons. The lowest BCUT2D eigenvalue weighted by Gasteiger charge is -2.08. The van der Waals surface area contributed by atoms with E-state index in [2.05, 4.69) is 9.71 Å². The fourth-order valence-electron chi connectivity index (χ4n) is 1.94. The number of anilines is 1. The van der Waals surface area contributed by atoms with E-state index in [-0.39, 0.29) is 4.90 Å². The Morgan fingerprint density at radius 3 is 2.50 bits per heavy atom. The van der Waals surface area contributed by atoms with Crippen LogP contribution in [0.15, 0.2) is 59.6 Å². The number of benzene rings is 2. The first-order chi connectivity index (χ1) is 9.54. The number of aromatic nitrogens is 1. The third-order valence-electron chi connectivity index (χ3n) is 2.93. The lowest BCUT2D eigenvalue weighted by atomic mass is 10.2. The van der Waals surface area contributed by atoms with Gasteiger partial charge in [-0.15, -0.1) is 0 Å². The number of halogens is 1. The van der Waals surface area contributed by atoms with Crippen LogP contribution >= 0.6 is 11.6 Å². The molecule has 0 bridgehead atoms. The van der Waals surface area contributed by atoms with Crippen molar-refractivity contribution in [3.63, 3.8) is 0 Å². The highest BCUT2D eigenvalue weighted by molar-refractivity contribution is 7.92. The normalized spacial score (nSPS) is 11.7. The van der Waals surface area contributed by atoms with Crippen molar-refractivity contribution in [1.29, 1.82) is 0 Å². The highest BCUT2D eigenvalue weighted by Gasteiger charge is 2.14. The molecule has 0 aliphatic heterocycles. The third-order valence-corrected chi connectivity index (χ3v) is 4.58. The minimum Gasteiger partial charge on any atom is -0.361 e. The van der Waals surface area contributed by atoms with Crippen molar-refractivity contribution in [2.45, 2.75) is 4.90 Å². The SMILES string of the molecule is O=S(=O)(Nc1ccc2cc[nH]c2c1)c1ccc(Cl)cc1. The molecule has 2 N–H and O–H groups in total. The van der Waals surface area contributed by atoms with Gasteiger partial charge in [0.1, 0.15) is 0 Å². The number of rotatable bonds is 3. The fraction of sp³-hybridized carbons (Fsp3) is 0. The zero-order chi connectivity index (χ0) is 14.2. The molecular formula is C14H11ClN2O2S. The smallest absolute Gasteiger partial charge is 0.261 e. The standard InChI is InChI=1S/C14H11ClN2O2S/c15-11-2-5-13(6-3-11)20(18,19)17-12-4-1-10-7-8-16-14(10)9-12/h1-9,16-17H. The summed E-state index contributed by atoms with van der Waals surface area (Å²) >= 11 is 5.76. The van der Waals surface area contributed by atoms with Gasteiger partial charge in [-0.3, -0.25) is 4.72 Å². The van der Waals surface area contributed by atoms with E-state index in [1.807, 2.05) is 18.3 Å². The summed E-state index contributed by atoms with van der Waals surface area (Å²) < 4.78 is 27.0. The van der Waals surface area contributed by atoms with Crippen molar-refractivity contribution in [1.82, 2.24) is 4.98 Å². The minimum atomic E-state index is -3.60. The molecule has 0 aliphatic carbocycles. The first kappa shape index (κ1) is 13.0. The molecule has 0 saturated carbocycles. The van der Waals surface area contributed by atoms with Gasteiger partial charge < -0.3 is 4.98 Å². The van der Waals surface area contributed by atoms with Crippen LogP contribution in [0.25, 0.3) is 10.9 Å². The van der Waals surface area contributed by atoms with E-state index in [1.165, 1.54) is 12.1 Å². The van der Waals surface area contributed by atoms with E-state index in [0.29, 0.717) is 10.7 Å². The number of fused-ring (bicyclic) bond motifs is 1. The summed E-state index contributed by atoms with van der Waals surface area (Å²) in [7, 11) is -3.60. The second kappa shape index (κ2) is 4.85. The van der Waals surface area contributed by atoms with Crippen LogP contribution in [0.1, 0.15) is 0 Å².